The van der Waals surface area contributed by atoms with Gasteiger partial charge in [-0.15, -0.1) is 0 Å². The molecule has 2 rings (SSSR count). The molecule has 0 spiro atoms. The van der Waals surface area contributed by atoms with Gasteiger partial charge in [0.25, 0.3) is 10.0 Å². The van der Waals surface area contributed by atoms with Crippen LogP contribution in [0.4, 0.5) is 15.8 Å². The van der Waals surface area contributed by atoms with Crippen LogP contribution in [0, 0.1) is 5.82 Å². The van der Waals surface area contributed by atoms with Gasteiger partial charge in [0.15, 0.2) is 0 Å². The van der Waals surface area contributed by atoms with Crippen LogP contribution < -0.4 is 10.5 Å². The molecule has 3 N–H and O–H groups in total. The number of nitrogens with one attached hydrogen (secondary N) is 1. The zero-order valence-electron chi connectivity index (χ0n) is 9.90. The summed E-state index contributed by atoms with van der Waals surface area (Å²) in [6.45, 7) is 0. The van der Waals surface area contributed by atoms with Crippen molar-refractivity contribution in [3.05, 3.63) is 52.3 Å². The first kappa shape index (κ1) is 14.9. The van der Waals surface area contributed by atoms with Gasteiger partial charge in [0.05, 0.1) is 10.7 Å². The second-order valence-electron chi connectivity index (χ2n) is 3.92. The van der Waals surface area contributed by atoms with Crippen LogP contribution in [0.5, 0.6) is 0 Å². The first-order valence-corrected chi connectivity index (χ1v) is 7.56. The maximum Gasteiger partial charge on any atom is 0.263 e. The zero-order valence-corrected chi connectivity index (χ0v) is 12.2. The highest BCUT2D eigenvalue weighted by Crippen LogP contribution is 2.27. The highest BCUT2D eigenvalue weighted by atomic mass is 35.5. The van der Waals surface area contributed by atoms with E-state index in [0.717, 1.165) is 6.07 Å². The number of sulfonamides is 1. The van der Waals surface area contributed by atoms with Crippen molar-refractivity contribution < 1.29 is 12.8 Å². The average Bonchev–Trinajstić information content (AvgIpc) is 2.33. The molecule has 0 amide bonds. The molecule has 0 aromatic heterocycles. The highest BCUT2D eigenvalue weighted by Gasteiger charge is 2.19. The Morgan fingerprint density at radius 1 is 1.10 bits per heavy atom. The predicted molar refractivity (Wildman–Crippen MR) is 78.1 cm³/mol. The number of anilines is 2. The molecule has 0 aliphatic heterocycles. The maximum absolute atomic E-state index is 13.5. The second-order valence-corrected chi connectivity index (χ2v) is 6.41. The van der Waals surface area contributed by atoms with Gasteiger partial charge in [0.2, 0.25) is 0 Å². The van der Waals surface area contributed by atoms with Gasteiger partial charge in [-0.05, 0) is 36.4 Å². The Bertz CT molecular complexity index is 766. The molecule has 20 heavy (non-hydrogen) atoms. The first-order chi connectivity index (χ1) is 9.29. The summed E-state index contributed by atoms with van der Waals surface area (Å²) in [4.78, 5) is -0.201. The van der Waals surface area contributed by atoms with Gasteiger partial charge in [-0.25, -0.2) is 12.8 Å². The normalized spacial score (nSPS) is 11.3. The van der Waals surface area contributed by atoms with E-state index in [-0.39, 0.29) is 20.6 Å². The number of benzene rings is 2. The number of nitrogen functional groups attached to an aromatic ring is 1. The summed E-state index contributed by atoms with van der Waals surface area (Å²) < 4.78 is 39.9. The van der Waals surface area contributed by atoms with Gasteiger partial charge in [-0.1, -0.05) is 23.2 Å². The average molecular weight is 335 g/mol. The molecule has 0 fully saturated rings. The van der Waals surface area contributed by atoms with Crippen molar-refractivity contribution in [1.82, 2.24) is 0 Å². The summed E-state index contributed by atoms with van der Waals surface area (Å²) in [5.74, 6) is -0.746. The Balaban J connectivity index is 2.43. The molecule has 106 valence electrons. The lowest BCUT2D eigenvalue weighted by Gasteiger charge is -2.10. The Morgan fingerprint density at radius 3 is 2.45 bits per heavy atom. The Kier molecular flexibility index (Phi) is 4.08. The van der Waals surface area contributed by atoms with E-state index in [0.29, 0.717) is 5.69 Å². The van der Waals surface area contributed by atoms with E-state index in [1.165, 1.54) is 30.3 Å². The molecule has 0 aliphatic rings. The summed E-state index contributed by atoms with van der Waals surface area (Å²) in [6.07, 6.45) is 0. The first-order valence-electron chi connectivity index (χ1n) is 5.32. The largest absolute Gasteiger partial charge is 0.399 e. The van der Waals surface area contributed by atoms with Crippen molar-refractivity contribution in [2.75, 3.05) is 10.5 Å². The third kappa shape index (κ3) is 3.15. The van der Waals surface area contributed by atoms with Crippen LogP contribution in [-0.2, 0) is 10.0 Å². The van der Waals surface area contributed by atoms with Gasteiger partial charge in [-0.2, -0.15) is 0 Å². The monoisotopic (exact) mass is 334 g/mol. The lowest BCUT2D eigenvalue weighted by Crippen LogP contribution is -2.14. The van der Waals surface area contributed by atoms with Gasteiger partial charge < -0.3 is 5.73 Å². The van der Waals surface area contributed by atoms with Crippen LogP contribution in [0.2, 0.25) is 10.0 Å². The van der Waals surface area contributed by atoms with Crippen molar-refractivity contribution in [1.29, 1.82) is 0 Å². The minimum absolute atomic E-state index is 0.0556. The molecule has 0 heterocycles. The third-order valence-corrected chi connectivity index (χ3v) is 4.50. The van der Waals surface area contributed by atoms with Gasteiger partial charge in [-0.3, -0.25) is 4.72 Å². The van der Waals surface area contributed by atoms with E-state index < -0.39 is 15.8 Å². The Morgan fingerprint density at radius 2 is 1.80 bits per heavy atom. The Hall–Kier alpha value is -1.50. The molecule has 0 saturated carbocycles. The van der Waals surface area contributed by atoms with Crippen molar-refractivity contribution >= 4 is 44.6 Å². The number of halogens is 3. The van der Waals surface area contributed by atoms with E-state index in [1.54, 1.807) is 0 Å². The lowest BCUT2D eigenvalue weighted by atomic mass is 10.3. The molecule has 0 aliphatic carbocycles. The molecule has 2 aromatic carbocycles. The van der Waals surface area contributed by atoms with Crippen LogP contribution in [0.3, 0.4) is 0 Å². The maximum atomic E-state index is 13.5. The van der Waals surface area contributed by atoms with Crippen molar-refractivity contribution in [3.8, 4) is 0 Å². The van der Waals surface area contributed by atoms with E-state index in [2.05, 4.69) is 4.72 Å². The van der Waals surface area contributed by atoms with E-state index >= 15 is 0 Å². The summed E-state index contributed by atoms with van der Waals surface area (Å²) >= 11 is 11.5. The number of nitrogens with two attached hydrogens (primary N) is 1. The van der Waals surface area contributed by atoms with Crippen molar-refractivity contribution in [2.45, 2.75) is 4.90 Å². The fourth-order valence-electron chi connectivity index (χ4n) is 1.51. The minimum Gasteiger partial charge on any atom is -0.399 e. The molecule has 4 nitrogen and oxygen atoms in total. The number of hydrogen-bond donors (Lipinski definition) is 2. The van der Waals surface area contributed by atoms with Gasteiger partial charge >= 0.3 is 0 Å². The third-order valence-electron chi connectivity index (χ3n) is 2.42. The highest BCUT2D eigenvalue weighted by molar-refractivity contribution is 7.92. The molecular formula is C12H9Cl2FN2O2S. The SMILES string of the molecule is Nc1ccc(S(=O)(=O)Nc2cc(Cl)ccc2F)c(Cl)c1. The fraction of sp³-hybridized carbons (Fsp3) is 0. The standard InChI is InChI=1S/C12H9Cl2FN2O2S/c13-7-1-3-10(15)11(5-7)17-20(18,19)12-4-2-8(16)6-9(12)14/h1-6,17H,16H2. The topological polar surface area (TPSA) is 72.2 Å². The van der Waals surface area contributed by atoms with Gasteiger partial charge in [0.1, 0.15) is 10.7 Å². The molecule has 0 bridgehead atoms. The molecular weight excluding hydrogens is 326 g/mol. The minimum atomic E-state index is -4.04. The van der Waals surface area contributed by atoms with E-state index in [4.69, 9.17) is 28.9 Å². The molecule has 0 atom stereocenters. The summed E-state index contributed by atoms with van der Waals surface area (Å²) in [7, 11) is -4.04. The second kappa shape index (κ2) is 5.47. The molecule has 8 heteroatoms. The number of rotatable bonds is 3. The molecule has 0 saturated heterocycles. The molecule has 0 unspecified atom stereocenters. The van der Waals surface area contributed by atoms with E-state index in [1.807, 2.05) is 0 Å². The smallest absolute Gasteiger partial charge is 0.263 e. The number of hydrogen-bond acceptors (Lipinski definition) is 3. The lowest BCUT2D eigenvalue weighted by molar-refractivity contribution is 0.598. The summed E-state index contributed by atoms with van der Waals surface area (Å²) in [6, 6.07) is 7.46. The summed E-state index contributed by atoms with van der Waals surface area (Å²) in [5, 5.41) is 0.146. The zero-order chi connectivity index (χ0) is 14.9. The Labute approximate surface area is 125 Å². The summed E-state index contributed by atoms with van der Waals surface area (Å²) in [5.41, 5.74) is 5.55. The van der Waals surface area contributed by atoms with Crippen LogP contribution >= 0.6 is 23.2 Å². The van der Waals surface area contributed by atoms with Crippen LogP contribution in [0.1, 0.15) is 0 Å². The quantitative estimate of drug-likeness (QED) is 0.843. The van der Waals surface area contributed by atoms with Gasteiger partial charge in [0, 0.05) is 10.7 Å². The molecule has 2 aromatic rings. The van der Waals surface area contributed by atoms with Crippen molar-refractivity contribution in [2.24, 2.45) is 0 Å². The van der Waals surface area contributed by atoms with E-state index in [9.17, 15) is 12.8 Å². The fourth-order valence-corrected chi connectivity index (χ4v) is 3.30. The van der Waals surface area contributed by atoms with Crippen LogP contribution in [0.15, 0.2) is 41.3 Å². The van der Waals surface area contributed by atoms with Crippen LogP contribution in [-0.4, -0.2) is 8.42 Å². The van der Waals surface area contributed by atoms with Crippen LogP contribution in [0.25, 0.3) is 0 Å². The van der Waals surface area contributed by atoms with Crippen molar-refractivity contribution in [3.63, 3.8) is 0 Å². The molecule has 0 radical (unpaired) electrons. The predicted octanol–water partition coefficient (Wildman–Crippen LogP) is 3.52.